The molecule has 7 rings (SSSR count). The first-order valence-electron chi connectivity index (χ1n) is 14.8. The summed E-state index contributed by atoms with van der Waals surface area (Å²) < 4.78 is 13.1. The molecule has 39 heavy (non-hydrogen) atoms. The first-order chi connectivity index (χ1) is 19.2. The molecule has 210 valence electrons. The van der Waals surface area contributed by atoms with Crippen LogP contribution in [-0.4, -0.2) is 81.2 Å². The Morgan fingerprint density at radius 1 is 0.974 bits per heavy atom. The summed E-state index contributed by atoms with van der Waals surface area (Å²) in [6.07, 6.45) is 14.2. The number of aromatic nitrogens is 5. The van der Waals surface area contributed by atoms with Crippen LogP contribution in [0.4, 0.5) is 17.5 Å². The summed E-state index contributed by atoms with van der Waals surface area (Å²) in [6, 6.07) is 1.51. The molecular weight excluding hydrogens is 512 g/mol. The Labute approximate surface area is 233 Å². The Morgan fingerprint density at radius 3 is 2.49 bits per heavy atom. The third-order valence-electron chi connectivity index (χ3n) is 9.26. The molecule has 0 unspecified atom stereocenters. The van der Waals surface area contributed by atoms with Crippen LogP contribution in [0.2, 0.25) is 0 Å². The second-order valence-corrected chi connectivity index (χ2v) is 12.9. The molecule has 1 spiro atoms. The molecule has 0 radical (unpaired) electrons. The van der Waals surface area contributed by atoms with Crippen molar-refractivity contribution in [3.8, 4) is 0 Å². The van der Waals surface area contributed by atoms with E-state index in [1.807, 2.05) is 10.9 Å². The van der Waals surface area contributed by atoms with Gasteiger partial charge in [0.2, 0.25) is 5.95 Å². The number of hydrogen-bond donors (Lipinski definition) is 2. The predicted molar refractivity (Wildman–Crippen MR) is 153 cm³/mol. The van der Waals surface area contributed by atoms with Gasteiger partial charge in [0, 0.05) is 36.9 Å². The maximum Gasteiger partial charge on any atom is 0.230 e. The van der Waals surface area contributed by atoms with Crippen molar-refractivity contribution in [1.29, 1.82) is 0 Å². The number of fused-ring (bicyclic) bond motifs is 1. The fraction of sp³-hybridized carbons (Fsp3) is 0.714. The molecule has 3 saturated heterocycles. The minimum Gasteiger partial charge on any atom is -0.381 e. The zero-order valence-corrected chi connectivity index (χ0v) is 23.7. The molecule has 0 bridgehead atoms. The number of likely N-dealkylation sites (tertiary alicyclic amines) is 1. The van der Waals surface area contributed by atoms with E-state index in [0.717, 1.165) is 85.4 Å². The number of hydrogen-bond acceptors (Lipinski definition) is 10. The van der Waals surface area contributed by atoms with Crippen LogP contribution in [0.15, 0.2) is 12.4 Å². The molecule has 10 nitrogen and oxygen atoms in total. The molecule has 3 aromatic rings. The van der Waals surface area contributed by atoms with Gasteiger partial charge in [0.1, 0.15) is 5.52 Å². The van der Waals surface area contributed by atoms with Gasteiger partial charge in [-0.05, 0) is 70.9 Å². The van der Waals surface area contributed by atoms with Crippen LogP contribution >= 0.6 is 11.3 Å². The Bertz CT molecular complexity index is 1270. The number of nitrogens with one attached hydrogen (secondary N) is 2. The summed E-state index contributed by atoms with van der Waals surface area (Å²) in [6.45, 7) is 8.16. The summed E-state index contributed by atoms with van der Waals surface area (Å²) in [5.74, 6) is 1.45. The lowest BCUT2D eigenvalue weighted by Gasteiger charge is -2.49. The molecule has 1 saturated carbocycles. The number of piperidine rings is 1. The van der Waals surface area contributed by atoms with Gasteiger partial charge in [0.05, 0.1) is 36.1 Å². The number of rotatable bonds is 7. The van der Waals surface area contributed by atoms with Crippen molar-refractivity contribution in [3.05, 3.63) is 17.4 Å². The molecule has 0 amide bonds. The summed E-state index contributed by atoms with van der Waals surface area (Å²) in [7, 11) is 0. The van der Waals surface area contributed by atoms with Gasteiger partial charge in [-0.2, -0.15) is 15.1 Å². The first-order valence-corrected chi connectivity index (χ1v) is 15.6. The monoisotopic (exact) mass is 552 g/mol. The molecule has 2 N–H and O–H groups in total. The van der Waals surface area contributed by atoms with Crippen molar-refractivity contribution in [2.45, 2.75) is 82.8 Å². The molecule has 11 heteroatoms. The van der Waals surface area contributed by atoms with Crippen molar-refractivity contribution >= 4 is 39.1 Å². The first kappa shape index (κ1) is 25.6. The largest absolute Gasteiger partial charge is 0.381 e. The zero-order chi connectivity index (χ0) is 26.2. The molecule has 6 heterocycles. The van der Waals surface area contributed by atoms with Gasteiger partial charge in [0.25, 0.3) is 0 Å². The van der Waals surface area contributed by atoms with Gasteiger partial charge in [-0.1, -0.05) is 18.3 Å². The predicted octanol–water partition coefficient (Wildman–Crippen LogP) is 4.78. The lowest BCUT2D eigenvalue weighted by molar-refractivity contribution is -0.143. The average molecular weight is 553 g/mol. The highest BCUT2D eigenvalue weighted by molar-refractivity contribution is 7.18. The van der Waals surface area contributed by atoms with Crippen molar-refractivity contribution in [2.24, 2.45) is 5.41 Å². The maximum atomic E-state index is 5.52. The van der Waals surface area contributed by atoms with E-state index in [1.54, 1.807) is 11.3 Å². The average Bonchev–Trinajstić information content (AvgIpc) is 3.60. The van der Waals surface area contributed by atoms with Crippen LogP contribution in [-0.2, 0) is 15.9 Å². The van der Waals surface area contributed by atoms with Crippen LogP contribution in [0.5, 0.6) is 0 Å². The molecule has 0 aromatic carbocycles. The van der Waals surface area contributed by atoms with Crippen LogP contribution in [0.25, 0.3) is 10.3 Å². The molecule has 4 aliphatic rings. The Kier molecular flexibility index (Phi) is 7.17. The van der Waals surface area contributed by atoms with E-state index in [2.05, 4.69) is 33.8 Å². The minimum atomic E-state index is 0.386. The smallest absolute Gasteiger partial charge is 0.230 e. The summed E-state index contributed by atoms with van der Waals surface area (Å²) in [5, 5.41) is 12.9. The normalized spacial score (nSPS) is 26.1. The Morgan fingerprint density at radius 2 is 1.77 bits per heavy atom. The third kappa shape index (κ3) is 5.38. The highest BCUT2D eigenvalue weighted by atomic mass is 32.1. The van der Waals surface area contributed by atoms with E-state index in [9.17, 15) is 0 Å². The molecule has 4 fully saturated rings. The third-order valence-corrected chi connectivity index (χ3v) is 10.4. The zero-order valence-electron chi connectivity index (χ0n) is 22.9. The van der Waals surface area contributed by atoms with Gasteiger partial charge in [-0.15, -0.1) is 0 Å². The van der Waals surface area contributed by atoms with Gasteiger partial charge in [-0.3, -0.25) is 4.68 Å². The van der Waals surface area contributed by atoms with Crippen molar-refractivity contribution in [1.82, 2.24) is 29.6 Å². The van der Waals surface area contributed by atoms with Crippen molar-refractivity contribution in [3.63, 3.8) is 0 Å². The quantitative estimate of drug-likeness (QED) is 0.429. The molecular formula is C28H40N8O2S. The number of nitrogens with zero attached hydrogens (tertiary/aromatic N) is 6. The van der Waals surface area contributed by atoms with Crippen LogP contribution < -0.4 is 10.6 Å². The van der Waals surface area contributed by atoms with E-state index < -0.39 is 0 Å². The van der Waals surface area contributed by atoms with Crippen LogP contribution in [0, 0.1) is 5.41 Å². The van der Waals surface area contributed by atoms with E-state index in [4.69, 9.17) is 24.4 Å². The number of ether oxygens (including phenoxy) is 2. The highest BCUT2D eigenvalue weighted by Crippen LogP contribution is 2.40. The fourth-order valence-electron chi connectivity index (χ4n) is 6.68. The maximum absolute atomic E-state index is 5.52. The number of anilines is 3. The van der Waals surface area contributed by atoms with Crippen LogP contribution in [0.1, 0.15) is 69.3 Å². The number of thiazole rings is 1. The van der Waals surface area contributed by atoms with Crippen LogP contribution in [0.3, 0.4) is 0 Å². The minimum absolute atomic E-state index is 0.386. The van der Waals surface area contributed by atoms with Gasteiger partial charge in [0.15, 0.2) is 10.6 Å². The van der Waals surface area contributed by atoms with Crippen molar-refractivity contribution < 1.29 is 9.47 Å². The van der Waals surface area contributed by atoms with Gasteiger partial charge in [-0.25, -0.2) is 4.98 Å². The highest BCUT2D eigenvalue weighted by Gasteiger charge is 2.42. The second-order valence-electron chi connectivity index (χ2n) is 11.9. The van der Waals surface area contributed by atoms with E-state index in [1.165, 1.54) is 38.8 Å². The summed E-state index contributed by atoms with van der Waals surface area (Å²) >= 11 is 1.66. The lowest BCUT2D eigenvalue weighted by Crippen LogP contribution is -2.53. The fourth-order valence-corrected chi connectivity index (χ4v) is 7.55. The van der Waals surface area contributed by atoms with Gasteiger partial charge < -0.3 is 25.0 Å². The SMILES string of the molecule is CCc1nc2c(N[C@H]3CC[C@H](N4CCC5(CC4)COC5)CC3)nc(Nc3cnn(C4CCOCC4)c3)nc2s1. The Balaban J connectivity index is 1.02. The molecule has 3 aliphatic heterocycles. The van der Waals surface area contributed by atoms with Crippen molar-refractivity contribution in [2.75, 3.05) is 50.2 Å². The lowest BCUT2D eigenvalue weighted by atomic mass is 9.76. The second kappa shape index (κ2) is 10.9. The standard InChI is InChI=1S/C28H40N8O2S/c1-2-23-32-24-25(30-19-3-5-21(6-4-19)35-11-9-28(10-12-35)17-38-18-28)33-27(34-26(24)39-23)31-20-15-29-36(16-20)22-7-13-37-14-8-22/h15-16,19,21-22H,2-14,17-18H2,1H3,(H2,30,31,33,34)/t19-,21-. The topological polar surface area (TPSA) is 102 Å². The summed E-state index contributed by atoms with van der Waals surface area (Å²) in [5.41, 5.74) is 2.31. The molecule has 1 aliphatic carbocycles. The van der Waals surface area contributed by atoms with Gasteiger partial charge >= 0.3 is 0 Å². The Hall–Kier alpha value is -2.34. The summed E-state index contributed by atoms with van der Waals surface area (Å²) in [4.78, 5) is 18.3. The molecule has 0 atom stereocenters. The molecule has 3 aromatic heterocycles. The van der Waals surface area contributed by atoms with E-state index >= 15 is 0 Å². The number of aryl methyl sites for hydroxylation is 1. The van der Waals surface area contributed by atoms with E-state index in [0.29, 0.717) is 29.5 Å². The van der Waals surface area contributed by atoms with E-state index in [-0.39, 0.29) is 0 Å².